The van der Waals surface area contributed by atoms with Gasteiger partial charge in [0.15, 0.2) is 6.10 Å². The summed E-state index contributed by atoms with van der Waals surface area (Å²) in [5, 5.41) is 6.81. The molecule has 2 atom stereocenters. The van der Waals surface area contributed by atoms with Crippen molar-refractivity contribution in [3.63, 3.8) is 0 Å². The van der Waals surface area contributed by atoms with Gasteiger partial charge in [0.1, 0.15) is 5.75 Å². The second-order valence-corrected chi connectivity index (χ2v) is 6.27. The number of carbonyl (C=O) groups is 1. The van der Waals surface area contributed by atoms with Gasteiger partial charge in [-0.1, -0.05) is 12.1 Å². The lowest BCUT2D eigenvalue weighted by Crippen LogP contribution is -2.46. The van der Waals surface area contributed by atoms with Gasteiger partial charge in [-0.05, 0) is 30.7 Å². The Labute approximate surface area is 117 Å². The summed E-state index contributed by atoms with van der Waals surface area (Å²) in [6.45, 7) is 1.28. The van der Waals surface area contributed by atoms with Crippen LogP contribution in [0.15, 0.2) is 24.3 Å². The molecular weight excluding hydrogens is 260 g/mol. The molecule has 0 saturated carbocycles. The lowest BCUT2D eigenvalue weighted by atomic mass is 10.2. The van der Waals surface area contributed by atoms with E-state index in [4.69, 9.17) is 4.74 Å². The van der Waals surface area contributed by atoms with Gasteiger partial charge in [-0.3, -0.25) is 4.79 Å². The van der Waals surface area contributed by atoms with Crippen molar-refractivity contribution in [3.05, 3.63) is 24.3 Å². The molecule has 1 amide bonds. The maximum atomic E-state index is 12.1. The third kappa shape index (κ3) is 2.97. The predicted octanol–water partition coefficient (Wildman–Crippen LogP) is 1.87. The molecule has 0 aliphatic carbocycles. The molecule has 2 unspecified atom stereocenters. The van der Waals surface area contributed by atoms with Gasteiger partial charge in [-0.25, -0.2) is 0 Å². The van der Waals surface area contributed by atoms with E-state index in [1.807, 2.05) is 36.0 Å². The standard InChI is InChI=1S/C14H18N2O2S/c17-14(16-8-10-4-3-7-19-10)13-9-15-11-5-1-2-6-12(11)18-13/h1-2,5-6,10,13,15H,3-4,7-9H2,(H,16,17). The lowest BCUT2D eigenvalue weighted by Gasteiger charge is -2.26. The number of hydrogen-bond donors (Lipinski definition) is 2. The van der Waals surface area contributed by atoms with Crippen molar-refractivity contribution in [3.8, 4) is 5.75 Å². The highest BCUT2D eigenvalue weighted by Crippen LogP contribution is 2.28. The van der Waals surface area contributed by atoms with Crippen LogP contribution in [0.4, 0.5) is 5.69 Å². The number of rotatable bonds is 3. The monoisotopic (exact) mass is 278 g/mol. The van der Waals surface area contributed by atoms with Crippen molar-refractivity contribution in [2.45, 2.75) is 24.2 Å². The number of hydrogen-bond acceptors (Lipinski definition) is 4. The maximum Gasteiger partial charge on any atom is 0.262 e. The van der Waals surface area contributed by atoms with Gasteiger partial charge in [0.2, 0.25) is 0 Å². The number of ether oxygens (including phenoxy) is 1. The first-order valence-corrected chi connectivity index (χ1v) is 7.76. The van der Waals surface area contributed by atoms with E-state index in [0.29, 0.717) is 11.8 Å². The Morgan fingerprint density at radius 1 is 1.47 bits per heavy atom. The number of thioether (sulfide) groups is 1. The highest BCUT2D eigenvalue weighted by molar-refractivity contribution is 8.00. The Morgan fingerprint density at radius 3 is 3.21 bits per heavy atom. The minimum Gasteiger partial charge on any atom is -0.477 e. The van der Waals surface area contributed by atoms with E-state index >= 15 is 0 Å². The number of carbonyl (C=O) groups excluding carboxylic acids is 1. The van der Waals surface area contributed by atoms with Crippen LogP contribution in [0, 0.1) is 0 Å². The largest absolute Gasteiger partial charge is 0.477 e. The van der Waals surface area contributed by atoms with E-state index in [-0.39, 0.29) is 5.91 Å². The summed E-state index contributed by atoms with van der Waals surface area (Å²) in [6.07, 6.45) is 2.04. The smallest absolute Gasteiger partial charge is 0.262 e. The third-order valence-electron chi connectivity index (χ3n) is 3.45. The van der Waals surface area contributed by atoms with E-state index in [9.17, 15) is 4.79 Å². The van der Waals surface area contributed by atoms with Gasteiger partial charge >= 0.3 is 0 Å². The van der Waals surface area contributed by atoms with Gasteiger partial charge in [0, 0.05) is 11.8 Å². The fraction of sp³-hybridized carbons (Fsp3) is 0.500. The summed E-state index contributed by atoms with van der Waals surface area (Å²) in [5.74, 6) is 1.95. The van der Waals surface area contributed by atoms with Gasteiger partial charge < -0.3 is 15.4 Å². The zero-order valence-electron chi connectivity index (χ0n) is 10.7. The normalized spacial score (nSPS) is 25.1. The molecule has 0 spiro atoms. The fourth-order valence-corrected chi connectivity index (χ4v) is 3.59. The molecule has 2 heterocycles. The van der Waals surface area contributed by atoms with Gasteiger partial charge in [-0.15, -0.1) is 0 Å². The molecule has 2 aliphatic rings. The summed E-state index contributed by atoms with van der Waals surface area (Å²) in [4.78, 5) is 12.1. The number of para-hydroxylation sites is 2. The van der Waals surface area contributed by atoms with Crippen LogP contribution in [-0.4, -0.2) is 36.1 Å². The van der Waals surface area contributed by atoms with Crippen molar-refractivity contribution < 1.29 is 9.53 Å². The molecule has 102 valence electrons. The summed E-state index contributed by atoms with van der Waals surface area (Å²) in [7, 11) is 0. The molecule has 2 N–H and O–H groups in total. The summed E-state index contributed by atoms with van der Waals surface area (Å²) >= 11 is 1.95. The number of amides is 1. The molecule has 19 heavy (non-hydrogen) atoms. The SMILES string of the molecule is O=C(NCC1CCCS1)C1CNc2ccccc2O1. The molecule has 1 fully saturated rings. The number of benzene rings is 1. The molecule has 0 bridgehead atoms. The number of anilines is 1. The Bertz CT molecular complexity index is 461. The van der Waals surface area contributed by atoms with Crippen LogP contribution in [0.25, 0.3) is 0 Å². The number of nitrogens with one attached hydrogen (secondary N) is 2. The first kappa shape index (κ1) is 12.7. The van der Waals surface area contributed by atoms with Crippen molar-refractivity contribution in [2.75, 3.05) is 24.2 Å². The Hall–Kier alpha value is -1.36. The molecule has 5 heteroatoms. The first-order valence-electron chi connectivity index (χ1n) is 6.72. The molecule has 1 aromatic rings. The van der Waals surface area contributed by atoms with Crippen molar-refractivity contribution >= 4 is 23.4 Å². The minimum atomic E-state index is -0.429. The Balaban J connectivity index is 1.54. The predicted molar refractivity (Wildman–Crippen MR) is 77.8 cm³/mol. The average molecular weight is 278 g/mol. The highest BCUT2D eigenvalue weighted by atomic mass is 32.2. The van der Waals surface area contributed by atoms with E-state index in [2.05, 4.69) is 10.6 Å². The summed E-state index contributed by atoms with van der Waals surface area (Å²) < 4.78 is 5.73. The van der Waals surface area contributed by atoms with Crippen LogP contribution in [0.1, 0.15) is 12.8 Å². The minimum absolute atomic E-state index is 0.0190. The van der Waals surface area contributed by atoms with Crippen molar-refractivity contribution in [1.82, 2.24) is 5.32 Å². The van der Waals surface area contributed by atoms with Crippen LogP contribution in [0.2, 0.25) is 0 Å². The maximum absolute atomic E-state index is 12.1. The van der Waals surface area contributed by atoms with E-state index < -0.39 is 6.10 Å². The van der Waals surface area contributed by atoms with Crippen molar-refractivity contribution in [1.29, 1.82) is 0 Å². The highest BCUT2D eigenvalue weighted by Gasteiger charge is 2.26. The fourth-order valence-electron chi connectivity index (χ4n) is 2.39. The van der Waals surface area contributed by atoms with Gasteiger partial charge in [0.25, 0.3) is 5.91 Å². The first-order chi connectivity index (χ1) is 9.33. The van der Waals surface area contributed by atoms with Crippen molar-refractivity contribution in [2.24, 2.45) is 0 Å². The lowest BCUT2D eigenvalue weighted by molar-refractivity contribution is -0.127. The third-order valence-corrected chi connectivity index (χ3v) is 4.85. The van der Waals surface area contributed by atoms with Crippen LogP contribution in [-0.2, 0) is 4.79 Å². The van der Waals surface area contributed by atoms with Crippen LogP contribution in [0.3, 0.4) is 0 Å². The van der Waals surface area contributed by atoms with Gasteiger partial charge in [-0.2, -0.15) is 11.8 Å². The number of fused-ring (bicyclic) bond motifs is 1. The van der Waals surface area contributed by atoms with Gasteiger partial charge in [0.05, 0.1) is 12.2 Å². The summed E-state index contributed by atoms with van der Waals surface area (Å²) in [5.41, 5.74) is 0.956. The Morgan fingerprint density at radius 2 is 2.37 bits per heavy atom. The molecule has 0 aromatic heterocycles. The topological polar surface area (TPSA) is 50.4 Å². The second kappa shape index (κ2) is 5.74. The summed E-state index contributed by atoms with van der Waals surface area (Å²) in [6, 6.07) is 7.70. The molecule has 2 aliphatic heterocycles. The van der Waals surface area contributed by atoms with Crippen LogP contribution >= 0.6 is 11.8 Å². The zero-order valence-corrected chi connectivity index (χ0v) is 11.5. The molecule has 1 aromatic carbocycles. The van der Waals surface area contributed by atoms with E-state index in [1.54, 1.807) is 0 Å². The van der Waals surface area contributed by atoms with E-state index in [0.717, 1.165) is 18.0 Å². The van der Waals surface area contributed by atoms with E-state index in [1.165, 1.54) is 18.6 Å². The second-order valence-electron chi connectivity index (χ2n) is 4.86. The Kier molecular flexibility index (Phi) is 3.82. The quantitative estimate of drug-likeness (QED) is 0.886. The average Bonchev–Trinajstić information content (AvgIpc) is 2.97. The van der Waals surface area contributed by atoms with Crippen LogP contribution < -0.4 is 15.4 Å². The zero-order chi connectivity index (χ0) is 13.1. The molecule has 3 rings (SSSR count). The molecule has 0 radical (unpaired) electrons. The van der Waals surface area contributed by atoms with Crippen LogP contribution in [0.5, 0.6) is 5.75 Å². The molecule has 1 saturated heterocycles. The molecular formula is C14H18N2O2S. The molecule has 4 nitrogen and oxygen atoms in total.